The summed E-state index contributed by atoms with van der Waals surface area (Å²) in [7, 11) is 0. The van der Waals surface area contributed by atoms with Gasteiger partial charge in [0.1, 0.15) is 0 Å². The monoisotopic (exact) mass is 784 g/mol. The molecule has 0 N–H and O–H groups in total. The fourth-order valence-electron chi connectivity index (χ4n) is 3.61. The Hall–Kier alpha value is -1.58. The van der Waals surface area contributed by atoms with Crippen molar-refractivity contribution in [1.82, 2.24) is 4.90 Å². The molecule has 0 fully saturated rings. The van der Waals surface area contributed by atoms with Crippen molar-refractivity contribution in [3.8, 4) is 0 Å². The average Bonchev–Trinajstić information content (AvgIpc) is 2.98. The van der Waals surface area contributed by atoms with Crippen LogP contribution >= 0.6 is 0 Å². The van der Waals surface area contributed by atoms with Crippen molar-refractivity contribution in [2.45, 2.75) is 79.1 Å². The SMILES string of the molecule is CCCCN(CCCC)C([Se-])=NC(=O)c1ccccc1.CCCC[N+](CCCC)=C([Se-])/N=C(\[O-])c1ccccc1.[Pd+2]. The van der Waals surface area contributed by atoms with Crippen molar-refractivity contribution in [1.29, 1.82) is 0 Å². The Labute approximate surface area is 278 Å². The normalized spacial score (nSPS) is 11.1. The molecule has 0 aromatic heterocycles. The van der Waals surface area contributed by atoms with Crippen LogP contribution in [0.15, 0.2) is 70.6 Å². The molecule has 0 unspecified atom stereocenters. The summed E-state index contributed by atoms with van der Waals surface area (Å²) < 4.78 is 3.59. The van der Waals surface area contributed by atoms with Crippen molar-refractivity contribution < 1.29 is 34.9 Å². The molecule has 2 rings (SSSR count). The number of amidine groups is 2. The van der Waals surface area contributed by atoms with Crippen LogP contribution < -0.4 is 5.11 Å². The zero-order valence-electron chi connectivity index (χ0n) is 25.0. The Kier molecular flexibility index (Phi) is 24.0. The van der Waals surface area contributed by atoms with Gasteiger partial charge in [-0.1, -0.05) is 0 Å². The predicted octanol–water partition coefficient (Wildman–Crippen LogP) is 5.18. The van der Waals surface area contributed by atoms with Crippen LogP contribution in [0.1, 0.15) is 95.0 Å². The molecular weight excluding hydrogens is 737 g/mol. The molecule has 1 amide bonds. The van der Waals surface area contributed by atoms with Crippen molar-refractivity contribution in [2.24, 2.45) is 9.98 Å². The molecule has 228 valence electrons. The van der Waals surface area contributed by atoms with Crippen LogP contribution in [0.4, 0.5) is 0 Å². The molecule has 0 saturated heterocycles. The minimum absolute atomic E-state index is 0. The van der Waals surface area contributed by atoms with E-state index >= 15 is 0 Å². The van der Waals surface area contributed by atoms with Gasteiger partial charge in [0.2, 0.25) is 0 Å². The van der Waals surface area contributed by atoms with Crippen LogP contribution in [-0.2, 0) is 20.4 Å². The fraction of sp³-hybridized carbons (Fsp3) is 0.500. The number of carbonyl (C=O) groups excluding carboxylic acids is 1. The molecule has 0 saturated carbocycles. The summed E-state index contributed by atoms with van der Waals surface area (Å²) in [5, 5.41) is 12.1. The zero-order chi connectivity index (χ0) is 29.6. The maximum atomic E-state index is 12.1. The smallest absolute Gasteiger partial charge is 2.00 e. The third-order valence-corrected chi connectivity index (χ3v) is 7.57. The number of carbonyl (C=O) groups is 1. The third-order valence-electron chi connectivity index (χ3n) is 6.10. The van der Waals surface area contributed by atoms with Gasteiger partial charge in [-0.05, 0) is 0 Å². The number of unbranched alkanes of at least 4 members (excludes halogenated alkanes) is 4. The summed E-state index contributed by atoms with van der Waals surface area (Å²) in [5.74, 6) is -0.366. The van der Waals surface area contributed by atoms with Gasteiger partial charge in [-0.25, -0.2) is 0 Å². The van der Waals surface area contributed by atoms with Gasteiger partial charge in [0, 0.05) is 0 Å². The second-order valence-corrected chi connectivity index (χ2v) is 11.1. The summed E-state index contributed by atoms with van der Waals surface area (Å²) in [6.07, 6.45) is 9.03. The van der Waals surface area contributed by atoms with E-state index in [9.17, 15) is 9.90 Å². The van der Waals surface area contributed by atoms with Gasteiger partial charge in [0.05, 0.1) is 0 Å². The number of hydrogen-bond acceptors (Lipinski definition) is 2. The van der Waals surface area contributed by atoms with Crippen LogP contribution in [-0.4, -0.2) is 89.0 Å². The molecule has 41 heavy (non-hydrogen) atoms. The molecule has 0 atom stereocenters. The van der Waals surface area contributed by atoms with E-state index in [-0.39, 0.29) is 32.2 Å². The van der Waals surface area contributed by atoms with Crippen molar-refractivity contribution in [3.05, 3.63) is 71.8 Å². The maximum Gasteiger partial charge on any atom is 2.00 e. The van der Waals surface area contributed by atoms with E-state index in [0.717, 1.165) is 77.5 Å². The zero-order valence-corrected chi connectivity index (χ0v) is 30.0. The third kappa shape index (κ3) is 17.2. The first-order chi connectivity index (χ1) is 19.4. The number of nitrogens with zero attached hydrogens (tertiary/aromatic N) is 4. The number of amides is 1. The van der Waals surface area contributed by atoms with Gasteiger partial charge >= 0.3 is 280 Å². The van der Waals surface area contributed by atoms with Crippen molar-refractivity contribution >= 4 is 53.3 Å². The van der Waals surface area contributed by atoms with Crippen LogP contribution in [0.3, 0.4) is 0 Å². The molecule has 0 aliphatic rings. The number of aliphatic imine (C=N–C) groups is 2. The molecule has 0 aliphatic carbocycles. The molecule has 0 radical (unpaired) electrons. The Morgan fingerprint density at radius 1 is 0.732 bits per heavy atom. The Morgan fingerprint density at radius 2 is 1.17 bits per heavy atom. The van der Waals surface area contributed by atoms with E-state index in [1.165, 1.54) is 0 Å². The second-order valence-electron chi connectivity index (χ2n) is 9.52. The first-order valence-corrected chi connectivity index (χ1v) is 16.3. The summed E-state index contributed by atoms with van der Waals surface area (Å²) in [5.41, 5.74) is 1.26. The number of benzene rings is 2. The quantitative estimate of drug-likeness (QED) is 0.115. The summed E-state index contributed by atoms with van der Waals surface area (Å²) in [6.45, 7) is 12.5. The van der Waals surface area contributed by atoms with Crippen molar-refractivity contribution in [2.75, 3.05) is 26.2 Å². The minimum atomic E-state index is -0.183. The van der Waals surface area contributed by atoms with Crippen LogP contribution in [0.25, 0.3) is 0 Å². The molecular formula is C32H46N4O2PdSe2. The van der Waals surface area contributed by atoms with Crippen LogP contribution in [0, 0.1) is 0 Å². The van der Waals surface area contributed by atoms with E-state index in [4.69, 9.17) is 0 Å². The van der Waals surface area contributed by atoms with E-state index in [1.54, 1.807) is 24.3 Å². The minimum Gasteiger partial charge on any atom is 2.00 e. The van der Waals surface area contributed by atoms with Gasteiger partial charge < -0.3 is 0 Å². The van der Waals surface area contributed by atoms with Gasteiger partial charge in [-0.2, -0.15) is 0 Å². The first kappa shape index (κ1) is 39.4. The number of hydrogen-bond donors (Lipinski definition) is 0. The van der Waals surface area contributed by atoms with E-state index in [2.05, 4.69) is 79.2 Å². The maximum absolute atomic E-state index is 12.1. The molecule has 0 aliphatic heterocycles. The summed E-state index contributed by atoms with van der Waals surface area (Å²) in [6, 6.07) is 18.4. The summed E-state index contributed by atoms with van der Waals surface area (Å²) >= 11 is 5.90. The van der Waals surface area contributed by atoms with Crippen LogP contribution in [0.5, 0.6) is 0 Å². The van der Waals surface area contributed by atoms with Gasteiger partial charge in [0.25, 0.3) is 0 Å². The Balaban J connectivity index is 0.000000762. The first-order valence-electron chi connectivity index (χ1n) is 14.6. The van der Waals surface area contributed by atoms with Gasteiger partial charge in [-0.15, -0.1) is 0 Å². The van der Waals surface area contributed by atoms with Gasteiger partial charge in [-0.3, -0.25) is 0 Å². The molecule has 6 nitrogen and oxygen atoms in total. The van der Waals surface area contributed by atoms with E-state index in [1.807, 2.05) is 36.4 Å². The molecule has 0 bridgehead atoms. The Morgan fingerprint density at radius 3 is 1.61 bits per heavy atom. The van der Waals surface area contributed by atoms with Crippen LogP contribution in [0.2, 0.25) is 0 Å². The largest absolute Gasteiger partial charge is 2.00 e. The molecule has 9 heteroatoms. The van der Waals surface area contributed by atoms with Gasteiger partial charge in [0.15, 0.2) is 0 Å². The summed E-state index contributed by atoms with van der Waals surface area (Å²) in [4.78, 5) is 22.7. The average molecular weight is 783 g/mol. The van der Waals surface area contributed by atoms with E-state index < -0.39 is 0 Å². The fourth-order valence-corrected chi connectivity index (χ4v) is 4.72. The second kappa shape index (κ2) is 25.0. The predicted molar refractivity (Wildman–Crippen MR) is 169 cm³/mol. The molecule has 2 aromatic carbocycles. The Bertz CT molecular complexity index is 1050. The van der Waals surface area contributed by atoms with Crippen molar-refractivity contribution in [3.63, 3.8) is 0 Å². The molecule has 0 heterocycles. The topological polar surface area (TPSA) is 71.1 Å². The molecule has 0 spiro atoms. The number of rotatable bonds is 14. The molecule has 2 aromatic rings. The van der Waals surface area contributed by atoms with E-state index in [0.29, 0.717) is 20.6 Å². The standard InChI is InChI=1S/2C16H24N2OSe.Pd/c2*1-3-5-12-18(13-6-4-2)16(20)17-15(19)14-10-8-7-9-11-14;/h2*7-11H,3-6,12-13H2,1-2H3,(H,17,19,20);/q;;+2/p-2.